The quantitative estimate of drug-likeness (QED) is 0.917. The third-order valence-corrected chi connectivity index (χ3v) is 3.30. The number of nitrogens with zero attached hydrogens (tertiary/aromatic N) is 1. The van der Waals surface area contributed by atoms with Gasteiger partial charge in [0.05, 0.1) is 5.56 Å². The van der Waals surface area contributed by atoms with Crippen molar-refractivity contribution in [2.24, 2.45) is 0 Å². The molecule has 0 atom stereocenters. The van der Waals surface area contributed by atoms with Crippen molar-refractivity contribution in [3.63, 3.8) is 0 Å². The van der Waals surface area contributed by atoms with Crippen LogP contribution in [-0.2, 0) is 6.54 Å². The van der Waals surface area contributed by atoms with Crippen LogP contribution in [0.25, 0.3) is 0 Å². The Morgan fingerprint density at radius 1 is 1.26 bits per heavy atom. The van der Waals surface area contributed by atoms with Gasteiger partial charge >= 0.3 is 5.97 Å². The Morgan fingerprint density at radius 2 is 1.89 bits per heavy atom. The lowest BCUT2D eigenvalue weighted by Crippen LogP contribution is -2.09. The lowest BCUT2D eigenvalue weighted by molar-refractivity contribution is 0.0695. The molecule has 0 radical (unpaired) electrons. The summed E-state index contributed by atoms with van der Waals surface area (Å²) in [5.74, 6) is -0.716. The van der Waals surface area contributed by atoms with Crippen molar-refractivity contribution in [3.05, 3.63) is 58.4 Å². The van der Waals surface area contributed by atoms with E-state index in [9.17, 15) is 9.90 Å². The number of carboxylic acids is 1. The van der Waals surface area contributed by atoms with Gasteiger partial charge in [0.1, 0.15) is 0 Å². The highest BCUT2D eigenvalue weighted by molar-refractivity contribution is 6.30. The number of aromatic nitrogens is 1. The summed E-state index contributed by atoms with van der Waals surface area (Å²) in [7, 11) is 0. The van der Waals surface area contributed by atoms with Gasteiger partial charge in [-0.2, -0.15) is 0 Å². The topological polar surface area (TPSA) is 42.2 Å². The Hall–Kier alpha value is -1.74. The normalized spacial score (nSPS) is 10.9. The first-order valence-electron chi connectivity index (χ1n) is 6.16. The smallest absolute Gasteiger partial charge is 0.337 e. The van der Waals surface area contributed by atoms with E-state index < -0.39 is 5.97 Å². The minimum absolute atomic E-state index is 0.161. The zero-order chi connectivity index (χ0) is 14.0. The summed E-state index contributed by atoms with van der Waals surface area (Å²) in [5, 5.41) is 9.90. The van der Waals surface area contributed by atoms with Crippen LogP contribution in [0, 0.1) is 0 Å². The largest absolute Gasteiger partial charge is 0.478 e. The van der Waals surface area contributed by atoms with Crippen LogP contribution in [0.3, 0.4) is 0 Å². The van der Waals surface area contributed by atoms with E-state index in [-0.39, 0.29) is 5.92 Å². The van der Waals surface area contributed by atoms with Gasteiger partial charge < -0.3 is 9.67 Å². The van der Waals surface area contributed by atoms with Crippen molar-refractivity contribution in [3.8, 4) is 0 Å². The molecule has 0 unspecified atom stereocenters. The van der Waals surface area contributed by atoms with Crippen LogP contribution in [0.5, 0.6) is 0 Å². The van der Waals surface area contributed by atoms with Gasteiger partial charge in [0, 0.05) is 23.5 Å². The lowest BCUT2D eigenvalue weighted by Gasteiger charge is -2.13. The van der Waals surface area contributed by atoms with Gasteiger partial charge in [0.15, 0.2) is 0 Å². The Balaban J connectivity index is 2.35. The second-order valence-electron chi connectivity index (χ2n) is 4.83. The molecule has 0 aliphatic carbocycles. The molecule has 1 aromatic heterocycles. The molecular formula is C15H16ClNO2. The zero-order valence-electron chi connectivity index (χ0n) is 10.9. The summed E-state index contributed by atoms with van der Waals surface area (Å²) in [6, 6.07) is 9.24. The maximum atomic E-state index is 11.2. The van der Waals surface area contributed by atoms with E-state index in [1.54, 1.807) is 6.07 Å². The molecular weight excluding hydrogens is 262 g/mol. The summed E-state index contributed by atoms with van der Waals surface area (Å²) in [6.45, 7) is 4.65. The van der Waals surface area contributed by atoms with E-state index in [4.69, 9.17) is 11.6 Å². The fourth-order valence-corrected chi connectivity index (χ4v) is 2.36. The number of carbonyl (C=O) groups is 1. The molecule has 4 heteroatoms. The highest BCUT2D eigenvalue weighted by Gasteiger charge is 2.17. The average molecular weight is 278 g/mol. The van der Waals surface area contributed by atoms with E-state index in [0.717, 1.165) is 11.3 Å². The van der Waals surface area contributed by atoms with Crippen molar-refractivity contribution in [2.75, 3.05) is 0 Å². The van der Waals surface area contributed by atoms with Crippen LogP contribution in [0.1, 0.15) is 41.4 Å². The van der Waals surface area contributed by atoms with Crippen molar-refractivity contribution in [1.82, 2.24) is 4.57 Å². The molecule has 0 bridgehead atoms. The maximum absolute atomic E-state index is 11.2. The molecule has 0 saturated heterocycles. The number of hydrogen-bond acceptors (Lipinski definition) is 1. The number of aromatic carboxylic acids is 1. The molecule has 0 saturated carbocycles. The monoisotopic (exact) mass is 277 g/mol. The summed E-state index contributed by atoms with van der Waals surface area (Å²) in [5.41, 5.74) is 2.32. The van der Waals surface area contributed by atoms with E-state index in [1.807, 2.05) is 48.9 Å². The highest BCUT2D eigenvalue weighted by Crippen LogP contribution is 2.22. The van der Waals surface area contributed by atoms with Gasteiger partial charge in [0.2, 0.25) is 0 Å². The van der Waals surface area contributed by atoms with Crippen LogP contribution in [0.15, 0.2) is 36.5 Å². The first kappa shape index (κ1) is 13.7. The number of rotatable bonds is 4. The Bertz CT molecular complexity index is 585. The minimum atomic E-state index is -0.876. The molecule has 3 nitrogen and oxygen atoms in total. The predicted octanol–water partition coefficient (Wildman–Crippen LogP) is 4.01. The summed E-state index contributed by atoms with van der Waals surface area (Å²) < 4.78 is 1.98. The second-order valence-corrected chi connectivity index (χ2v) is 5.27. The fraction of sp³-hybridized carbons (Fsp3) is 0.267. The molecule has 19 heavy (non-hydrogen) atoms. The summed E-state index contributed by atoms with van der Waals surface area (Å²) in [4.78, 5) is 11.2. The molecule has 0 aliphatic rings. The molecule has 2 aromatic rings. The Labute approximate surface area is 117 Å². The fourth-order valence-electron chi connectivity index (χ4n) is 2.23. The minimum Gasteiger partial charge on any atom is -0.478 e. The summed E-state index contributed by atoms with van der Waals surface area (Å²) in [6.07, 6.45) is 1.83. The number of hydrogen-bond donors (Lipinski definition) is 1. The number of carboxylic acid groups (broad SMARTS) is 1. The van der Waals surface area contributed by atoms with Gasteiger partial charge in [-0.1, -0.05) is 37.6 Å². The third-order valence-electron chi connectivity index (χ3n) is 3.05. The molecule has 1 heterocycles. The molecule has 0 aliphatic heterocycles. The highest BCUT2D eigenvalue weighted by atomic mass is 35.5. The van der Waals surface area contributed by atoms with Crippen molar-refractivity contribution < 1.29 is 9.90 Å². The SMILES string of the molecule is CC(C)c1c(C(=O)O)ccn1Cc1ccc(Cl)cc1. The molecule has 1 N–H and O–H groups in total. The lowest BCUT2D eigenvalue weighted by atomic mass is 10.1. The van der Waals surface area contributed by atoms with Crippen molar-refractivity contribution in [1.29, 1.82) is 0 Å². The summed E-state index contributed by atoms with van der Waals surface area (Å²) >= 11 is 5.86. The average Bonchev–Trinajstić information content (AvgIpc) is 2.76. The zero-order valence-corrected chi connectivity index (χ0v) is 11.7. The number of halogens is 1. The van der Waals surface area contributed by atoms with Crippen molar-refractivity contribution in [2.45, 2.75) is 26.3 Å². The van der Waals surface area contributed by atoms with Crippen molar-refractivity contribution >= 4 is 17.6 Å². The molecule has 1 aromatic carbocycles. The van der Waals surface area contributed by atoms with E-state index in [1.165, 1.54) is 0 Å². The Morgan fingerprint density at radius 3 is 2.42 bits per heavy atom. The molecule has 2 rings (SSSR count). The molecule has 0 fully saturated rings. The number of benzene rings is 1. The molecule has 0 spiro atoms. The second kappa shape index (κ2) is 5.49. The maximum Gasteiger partial charge on any atom is 0.337 e. The van der Waals surface area contributed by atoms with Crippen LogP contribution in [0.4, 0.5) is 0 Å². The molecule has 0 amide bonds. The van der Waals surface area contributed by atoms with E-state index in [2.05, 4.69) is 0 Å². The van der Waals surface area contributed by atoms with E-state index in [0.29, 0.717) is 17.1 Å². The Kier molecular flexibility index (Phi) is 3.96. The van der Waals surface area contributed by atoms with Crippen LogP contribution < -0.4 is 0 Å². The van der Waals surface area contributed by atoms with Crippen LogP contribution >= 0.6 is 11.6 Å². The first-order chi connectivity index (χ1) is 8.99. The molecule has 100 valence electrons. The first-order valence-corrected chi connectivity index (χ1v) is 6.53. The van der Waals surface area contributed by atoms with Crippen LogP contribution in [-0.4, -0.2) is 15.6 Å². The van der Waals surface area contributed by atoms with Gasteiger partial charge in [-0.05, 0) is 29.7 Å². The van der Waals surface area contributed by atoms with E-state index >= 15 is 0 Å². The standard InChI is InChI=1S/C15H16ClNO2/c1-10(2)14-13(15(18)19)7-8-17(14)9-11-3-5-12(16)6-4-11/h3-8,10H,9H2,1-2H3,(H,18,19). The van der Waals surface area contributed by atoms with Gasteiger partial charge in [-0.3, -0.25) is 0 Å². The van der Waals surface area contributed by atoms with Gasteiger partial charge in [-0.15, -0.1) is 0 Å². The third kappa shape index (κ3) is 2.99. The predicted molar refractivity (Wildman–Crippen MR) is 76.0 cm³/mol. The van der Waals surface area contributed by atoms with Crippen LogP contribution in [0.2, 0.25) is 5.02 Å². The van der Waals surface area contributed by atoms with Gasteiger partial charge in [-0.25, -0.2) is 4.79 Å². The van der Waals surface area contributed by atoms with Gasteiger partial charge in [0.25, 0.3) is 0 Å².